The van der Waals surface area contributed by atoms with Crippen LogP contribution in [-0.2, 0) is 6.42 Å². The average molecular weight is 296 g/mol. The number of nitrogens with zero attached hydrogens (tertiary/aromatic N) is 1. The van der Waals surface area contributed by atoms with Gasteiger partial charge < -0.3 is 9.67 Å². The van der Waals surface area contributed by atoms with Crippen molar-refractivity contribution in [2.45, 2.75) is 32.3 Å². The zero-order chi connectivity index (χ0) is 13.6. The van der Waals surface area contributed by atoms with Gasteiger partial charge in [-0.05, 0) is 50.5 Å². The monoisotopic (exact) mass is 295 g/mol. The highest BCUT2D eigenvalue weighted by Crippen LogP contribution is 2.36. The Balaban J connectivity index is 2.20. The van der Waals surface area contributed by atoms with Crippen LogP contribution < -0.4 is 0 Å². The summed E-state index contributed by atoms with van der Waals surface area (Å²) in [6.07, 6.45) is 2.46. The molecule has 0 radical (unpaired) electrons. The summed E-state index contributed by atoms with van der Waals surface area (Å²) in [7, 11) is 0. The van der Waals surface area contributed by atoms with Crippen LogP contribution in [0.4, 0.5) is 0 Å². The molecule has 0 aliphatic heterocycles. The molecule has 1 heterocycles. The summed E-state index contributed by atoms with van der Waals surface area (Å²) in [6.45, 7) is 2.04. The summed E-state index contributed by atoms with van der Waals surface area (Å²) in [4.78, 5) is 0. The minimum absolute atomic E-state index is 0.352. The van der Waals surface area contributed by atoms with Crippen molar-refractivity contribution < 1.29 is 5.11 Å². The molecule has 4 heteroatoms. The number of fused-ring (bicyclic) bond motifs is 1. The van der Waals surface area contributed by atoms with E-state index in [-0.39, 0.29) is 6.10 Å². The van der Waals surface area contributed by atoms with Crippen LogP contribution in [0.3, 0.4) is 0 Å². The Kier molecular flexibility index (Phi) is 3.34. The smallest absolute Gasteiger partial charge is 0.0807 e. The van der Waals surface area contributed by atoms with E-state index in [0.717, 1.165) is 36.2 Å². The molecule has 0 bridgehead atoms. The number of aryl methyl sites for hydroxylation is 1. The number of hydrogen-bond acceptors (Lipinski definition) is 1. The zero-order valence-corrected chi connectivity index (χ0v) is 12.2. The van der Waals surface area contributed by atoms with Crippen LogP contribution in [0.2, 0.25) is 10.0 Å². The Hall–Kier alpha value is -0.960. The molecule has 1 aromatic heterocycles. The number of hydrogen-bond donors (Lipinski definition) is 1. The number of aromatic nitrogens is 1. The van der Waals surface area contributed by atoms with Crippen molar-refractivity contribution in [3.63, 3.8) is 0 Å². The number of rotatable bonds is 1. The van der Waals surface area contributed by atoms with Gasteiger partial charge in [-0.25, -0.2) is 0 Å². The molecule has 2 nitrogen and oxygen atoms in total. The van der Waals surface area contributed by atoms with Gasteiger partial charge in [0.2, 0.25) is 0 Å². The maximum absolute atomic E-state index is 10.1. The summed E-state index contributed by atoms with van der Waals surface area (Å²) in [5, 5.41) is 11.4. The van der Waals surface area contributed by atoms with Crippen molar-refractivity contribution in [1.82, 2.24) is 4.57 Å². The molecule has 0 saturated carbocycles. The highest BCUT2D eigenvalue weighted by atomic mass is 35.5. The van der Waals surface area contributed by atoms with Crippen LogP contribution in [0, 0.1) is 6.92 Å². The number of benzene rings is 1. The van der Waals surface area contributed by atoms with E-state index in [4.69, 9.17) is 23.2 Å². The van der Waals surface area contributed by atoms with Crippen LogP contribution in [0.15, 0.2) is 24.3 Å². The highest BCUT2D eigenvalue weighted by Gasteiger charge is 2.24. The first-order valence-electron chi connectivity index (χ1n) is 6.42. The van der Waals surface area contributed by atoms with Crippen LogP contribution in [0.1, 0.15) is 35.9 Å². The van der Waals surface area contributed by atoms with Gasteiger partial charge in [0.25, 0.3) is 0 Å². The van der Waals surface area contributed by atoms with E-state index >= 15 is 0 Å². The Morgan fingerprint density at radius 1 is 1.26 bits per heavy atom. The van der Waals surface area contributed by atoms with Gasteiger partial charge in [0, 0.05) is 22.0 Å². The van der Waals surface area contributed by atoms with Gasteiger partial charge in [0.15, 0.2) is 0 Å². The first-order chi connectivity index (χ1) is 9.08. The number of halogens is 2. The fourth-order valence-electron chi connectivity index (χ4n) is 2.88. The van der Waals surface area contributed by atoms with E-state index in [1.54, 1.807) is 6.07 Å². The minimum atomic E-state index is -0.352. The molecular weight excluding hydrogens is 281 g/mol. The summed E-state index contributed by atoms with van der Waals surface area (Å²) in [5.41, 5.74) is 4.23. The molecule has 2 aromatic rings. The molecule has 0 saturated heterocycles. The lowest BCUT2D eigenvalue weighted by molar-refractivity contribution is 0.156. The van der Waals surface area contributed by atoms with Crippen LogP contribution in [0.5, 0.6) is 0 Å². The molecule has 0 spiro atoms. The maximum Gasteiger partial charge on any atom is 0.0807 e. The Labute approximate surface area is 122 Å². The standard InChI is InChI=1S/C15H15Cl2NO/c1-9-7-11-13(3-2-4-15(11)19)18(9)14-6-5-10(16)8-12(14)17/h5-8,15,19H,2-4H2,1H3. The molecule has 1 aliphatic rings. The quantitative estimate of drug-likeness (QED) is 0.825. The maximum atomic E-state index is 10.1. The molecule has 1 unspecified atom stereocenters. The van der Waals surface area contributed by atoms with E-state index in [1.165, 1.54) is 5.69 Å². The van der Waals surface area contributed by atoms with Crippen molar-refractivity contribution >= 4 is 23.2 Å². The Bertz CT molecular complexity index is 633. The second kappa shape index (κ2) is 4.86. The van der Waals surface area contributed by atoms with Gasteiger partial charge >= 0.3 is 0 Å². The molecule has 1 aliphatic carbocycles. The van der Waals surface area contributed by atoms with Gasteiger partial charge in [-0.2, -0.15) is 0 Å². The van der Waals surface area contributed by atoms with Crippen molar-refractivity contribution in [2.24, 2.45) is 0 Å². The van der Waals surface area contributed by atoms with Crippen LogP contribution in [0.25, 0.3) is 5.69 Å². The Morgan fingerprint density at radius 3 is 2.79 bits per heavy atom. The number of aliphatic hydroxyl groups excluding tert-OH is 1. The summed E-state index contributed by atoms with van der Waals surface area (Å²) in [6, 6.07) is 7.58. The second-order valence-electron chi connectivity index (χ2n) is 5.03. The summed E-state index contributed by atoms with van der Waals surface area (Å²) in [5.74, 6) is 0. The van der Waals surface area contributed by atoms with E-state index in [0.29, 0.717) is 10.0 Å². The second-order valence-corrected chi connectivity index (χ2v) is 5.87. The van der Waals surface area contributed by atoms with Gasteiger partial charge in [0.05, 0.1) is 16.8 Å². The highest BCUT2D eigenvalue weighted by molar-refractivity contribution is 6.35. The first kappa shape index (κ1) is 13.0. The lowest BCUT2D eigenvalue weighted by Gasteiger charge is -2.21. The van der Waals surface area contributed by atoms with E-state index in [9.17, 15) is 5.11 Å². The topological polar surface area (TPSA) is 25.2 Å². The molecule has 0 fully saturated rings. The number of aliphatic hydroxyl groups is 1. The Morgan fingerprint density at radius 2 is 2.05 bits per heavy atom. The molecule has 19 heavy (non-hydrogen) atoms. The lowest BCUT2D eigenvalue weighted by Crippen LogP contribution is -2.11. The molecule has 1 N–H and O–H groups in total. The normalized spacial score (nSPS) is 18.4. The largest absolute Gasteiger partial charge is 0.388 e. The molecule has 1 aromatic carbocycles. The molecule has 0 amide bonds. The minimum Gasteiger partial charge on any atom is -0.388 e. The molecule has 1 atom stereocenters. The van der Waals surface area contributed by atoms with Crippen molar-refractivity contribution in [3.05, 3.63) is 51.3 Å². The van der Waals surface area contributed by atoms with E-state index in [2.05, 4.69) is 10.6 Å². The first-order valence-corrected chi connectivity index (χ1v) is 7.18. The lowest BCUT2D eigenvalue weighted by atomic mass is 9.95. The van der Waals surface area contributed by atoms with Gasteiger partial charge in [-0.3, -0.25) is 0 Å². The van der Waals surface area contributed by atoms with Crippen molar-refractivity contribution in [2.75, 3.05) is 0 Å². The fourth-order valence-corrected chi connectivity index (χ4v) is 3.37. The summed E-state index contributed by atoms with van der Waals surface area (Å²) >= 11 is 12.3. The third-order valence-corrected chi connectivity index (χ3v) is 4.26. The third-order valence-electron chi connectivity index (χ3n) is 3.72. The summed E-state index contributed by atoms with van der Waals surface area (Å²) < 4.78 is 2.14. The van der Waals surface area contributed by atoms with Gasteiger partial charge in [-0.1, -0.05) is 23.2 Å². The molecule has 3 rings (SSSR count). The average Bonchev–Trinajstić information content (AvgIpc) is 2.68. The third kappa shape index (κ3) is 2.18. The van der Waals surface area contributed by atoms with E-state index in [1.807, 2.05) is 19.1 Å². The fraction of sp³-hybridized carbons (Fsp3) is 0.333. The van der Waals surface area contributed by atoms with Crippen LogP contribution in [-0.4, -0.2) is 9.67 Å². The molecular formula is C15H15Cl2NO. The van der Waals surface area contributed by atoms with E-state index < -0.39 is 0 Å². The van der Waals surface area contributed by atoms with Crippen LogP contribution >= 0.6 is 23.2 Å². The molecule has 100 valence electrons. The zero-order valence-electron chi connectivity index (χ0n) is 10.7. The van der Waals surface area contributed by atoms with Gasteiger partial charge in [-0.15, -0.1) is 0 Å². The van der Waals surface area contributed by atoms with Gasteiger partial charge in [0.1, 0.15) is 0 Å². The SMILES string of the molecule is Cc1cc2c(n1-c1ccc(Cl)cc1Cl)CCCC2O. The predicted octanol–water partition coefficient (Wildman–Crippen LogP) is 4.46. The van der Waals surface area contributed by atoms with Crippen molar-refractivity contribution in [1.29, 1.82) is 0 Å². The van der Waals surface area contributed by atoms with Crippen molar-refractivity contribution in [3.8, 4) is 5.69 Å². The predicted molar refractivity (Wildman–Crippen MR) is 78.4 cm³/mol.